The molecule has 4 nitrogen and oxygen atoms in total. The van der Waals surface area contributed by atoms with Crippen LogP contribution in [0.1, 0.15) is 12.8 Å². The molecule has 0 N–H and O–H groups in total. The van der Waals surface area contributed by atoms with Crippen molar-refractivity contribution < 1.29 is 4.39 Å². The maximum atomic E-state index is 13.2. The minimum atomic E-state index is -0.224. The van der Waals surface area contributed by atoms with Crippen molar-refractivity contribution in [3.05, 3.63) is 60.5 Å². The lowest BCUT2D eigenvalue weighted by Crippen LogP contribution is -2.24. The molecule has 0 unspecified atom stereocenters. The van der Waals surface area contributed by atoms with Gasteiger partial charge in [0.1, 0.15) is 5.82 Å². The summed E-state index contributed by atoms with van der Waals surface area (Å²) in [4.78, 5) is 7.40. The number of aromatic nitrogens is 3. The van der Waals surface area contributed by atoms with Crippen LogP contribution in [0.2, 0.25) is 0 Å². The lowest BCUT2D eigenvalue weighted by molar-refractivity contribution is 0.325. The van der Waals surface area contributed by atoms with Gasteiger partial charge >= 0.3 is 0 Å². The van der Waals surface area contributed by atoms with E-state index in [4.69, 9.17) is 4.98 Å². The van der Waals surface area contributed by atoms with E-state index in [9.17, 15) is 4.39 Å². The average Bonchev–Trinajstić information content (AvgIpc) is 3.37. The minimum Gasteiger partial charge on any atom is -0.308 e. The maximum absolute atomic E-state index is 13.2. The SMILES string of the molecule is Fc1ccc(-c2cn3c4ccccc4n(CCN4CCCC4)c3n2)cc1. The number of benzene rings is 2. The highest BCUT2D eigenvalue weighted by atomic mass is 19.1. The summed E-state index contributed by atoms with van der Waals surface area (Å²) < 4.78 is 17.7. The third-order valence-electron chi connectivity index (χ3n) is 5.34. The molecule has 4 aromatic rings. The fraction of sp³-hybridized carbons (Fsp3) is 0.286. The monoisotopic (exact) mass is 348 g/mol. The van der Waals surface area contributed by atoms with Gasteiger partial charge in [-0.15, -0.1) is 0 Å². The second-order valence-electron chi connectivity index (χ2n) is 6.99. The Balaban J connectivity index is 1.59. The van der Waals surface area contributed by atoms with Gasteiger partial charge < -0.3 is 9.47 Å². The van der Waals surface area contributed by atoms with Crippen molar-refractivity contribution in [1.29, 1.82) is 0 Å². The molecule has 1 aliphatic rings. The van der Waals surface area contributed by atoms with Crippen LogP contribution >= 0.6 is 0 Å². The molecule has 2 aromatic carbocycles. The summed E-state index contributed by atoms with van der Waals surface area (Å²) in [5, 5.41) is 0. The molecule has 0 radical (unpaired) electrons. The van der Waals surface area contributed by atoms with E-state index in [2.05, 4.69) is 44.3 Å². The van der Waals surface area contributed by atoms with Crippen LogP contribution < -0.4 is 0 Å². The molecule has 0 amide bonds. The predicted octanol–water partition coefficient (Wildman–Crippen LogP) is 4.19. The van der Waals surface area contributed by atoms with Gasteiger partial charge in [0.2, 0.25) is 5.78 Å². The highest BCUT2D eigenvalue weighted by molar-refractivity contribution is 5.82. The van der Waals surface area contributed by atoms with E-state index < -0.39 is 0 Å². The highest BCUT2D eigenvalue weighted by Gasteiger charge is 2.16. The van der Waals surface area contributed by atoms with E-state index in [-0.39, 0.29) is 5.82 Å². The molecule has 0 bridgehead atoms. The van der Waals surface area contributed by atoms with E-state index in [0.717, 1.165) is 35.6 Å². The predicted molar refractivity (Wildman–Crippen MR) is 102 cm³/mol. The third-order valence-corrected chi connectivity index (χ3v) is 5.34. The Morgan fingerprint density at radius 1 is 0.885 bits per heavy atom. The fourth-order valence-electron chi connectivity index (χ4n) is 3.97. The van der Waals surface area contributed by atoms with Crippen molar-refractivity contribution in [3.8, 4) is 11.3 Å². The quantitative estimate of drug-likeness (QED) is 0.552. The molecule has 0 aliphatic carbocycles. The van der Waals surface area contributed by atoms with Crippen LogP contribution in [-0.2, 0) is 6.54 Å². The van der Waals surface area contributed by atoms with Crippen LogP contribution in [0.25, 0.3) is 28.1 Å². The minimum absolute atomic E-state index is 0.224. The zero-order valence-corrected chi connectivity index (χ0v) is 14.6. The van der Waals surface area contributed by atoms with Gasteiger partial charge in [0.05, 0.1) is 16.7 Å². The summed E-state index contributed by atoms with van der Waals surface area (Å²) in [5.74, 6) is 0.725. The molecule has 5 heteroatoms. The van der Waals surface area contributed by atoms with Crippen LogP contribution in [0, 0.1) is 5.82 Å². The van der Waals surface area contributed by atoms with E-state index in [0.29, 0.717) is 0 Å². The van der Waals surface area contributed by atoms with E-state index >= 15 is 0 Å². The summed E-state index contributed by atoms with van der Waals surface area (Å²) in [6, 6.07) is 15.0. The van der Waals surface area contributed by atoms with Crippen molar-refractivity contribution in [2.24, 2.45) is 0 Å². The van der Waals surface area contributed by atoms with Gasteiger partial charge in [0.15, 0.2) is 0 Å². The first-order valence-electron chi connectivity index (χ1n) is 9.24. The molecule has 132 valence electrons. The summed E-state index contributed by atoms with van der Waals surface area (Å²) in [6.07, 6.45) is 4.66. The number of nitrogens with zero attached hydrogens (tertiary/aromatic N) is 4. The molecule has 3 heterocycles. The van der Waals surface area contributed by atoms with Gasteiger partial charge in [-0.3, -0.25) is 4.40 Å². The average molecular weight is 348 g/mol. The number of para-hydroxylation sites is 2. The number of hydrogen-bond acceptors (Lipinski definition) is 2. The lowest BCUT2D eigenvalue weighted by atomic mass is 10.2. The molecule has 5 rings (SSSR count). The summed E-state index contributed by atoms with van der Waals surface area (Å²) in [7, 11) is 0. The first-order valence-corrected chi connectivity index (χ1v) is 9.24. The van der Waals surface area contributed by atoms with Crippen molar-refractivity contribution in [2.45, 2.75) is 19.4 Å². The first kappa shape index (κ1) is 15.6. The molecule has 26 heavy (non-hydrogen) atoms. The summed E-state index contributed by atoms with van der Waals surface area (Å²) in [5.41, 5.74) is 4.18. The van der Waals surface area contributed by atoms with E-state index in [1.807, 2.05) is 0 Å². The smallest absolute Gasteiger partial charge is 0.215 e. The number of halogens is 1. The molecule has 0 saturated carbocycles. The number of likely N-dealkylation sites (tertiary alicyclic amines) is 1. The molecular formula is C21H21FN4. The second-order valence-corrected chi connectivity index (χ2v) is 6.99. The number of hydrogen-bond donors (Lipinski definition) is 0. The molecule has 2 aromatic heterocycles. The van der Waals surface area contributed by atoms with Crippen LogP contribution in [0.15, 0.2) is 54.7 Å². The molecular weight excluding hydrogens is 327 g/mol. The van der Waals surface area contributed by atoms with Gasteiger partial charge in [-0.05, 0) is 62.3 Å². The van der Waals surface area contributed by atoms with Crippen LogP contribution in [0.5, 0.6) is 0 Å². The first-order chi connectivity index (χ1) is 12.8. The maximum Gasteiger partial charge on any atom is 0.215 e. The third kappa shape index (κ3) is 2.59. The molecule has 1 saturated heterocycles. The van der Waals surface area contributed by atoms with Crippen molar-refractivity contribution in [3.63, 3.8) is 0 Å². The Hall–Kier alpha value is -2.66. The largest absolute Gasteiger partial charge is 0.308 e. The van der Waals surface area contributed by atoms with Crippen molar-refractivity contribution in [2.75, 3.05) is 19.6 Å². The Morgan fingerprint density at radius 2 is 1.62 bits per heavy atom. The molecule has 1 aliphatic heterocycles. The molecule has 0 atom stereocenters. The number of rotatable bonds is 4. The van der Waals surface area contributed by atoms with Crippen molar-refractivity contribution >= 4 is 16.8 Å². The summed E-state index contributed by atoms with van der Waals surface area (Å²) in [6.45, 7) is 4.37. The highest BCUT2D eigenvalue weighted by Crippen LogP contribution is 2.26. The standard InChI is InChI=1S/C21H21FN4/c22-17-9-7-16(8-10-17)18-15-26-20-6-2-1-5-19(20)25(21(26)23-18)14-13-24-11-3-4-12-24/h1-2,5-10,15H,3-4,11-14H2. The van der Waals surface area contributed by atoms with Crippen LogP contribution in [0.3, 0.4) is 0 Å². The Kier molecular flexibility index (Phi) is 3.75. The van der Waals surface area contributed by atoms with Crippen molar-refractivity contribution in [1.82, 2.24) is 18.9 Å². The zero-order valence-electron chi connectivity index (χ0n) is 14.6. The normalized spacial score (nSPS) is 15.4. The van der Waals surface area contributed by atoms with Gasteiger partial charge in [-0.25, -0.2) is 9.37 Å². The van der Waals surface area contributed by atoms with E-state index in [1.165, 1.54) is 43.6 Å². The summed E-state index contributed by atoms with van der Waals surface area (Å²) >= 11 is 0. The van der Waals surface area contributed by atoms with E-state index in [1.54, 1.807) is 12.1 Å². The lowest BCUT2D eigenvalue weighted by Gasteiger charge is -2.15. The van der Waals surface area contributed by atoms with Gasteiger partial charge in [-0.2, -0.15) is 0 Å². The van der Waals surface area contributed by atoms with Gasteiger partial charge in [-0.1, -0.05) is 12.1 Å². The van der Waals surface area contributed by atoms with Crippen LogP contribution in [0.4, 0.5) is 4.39 Å². The Bertz CT molecular complexity index is 1050. The van der Waals surface area contributed by atoms with Gasteiger partial charge in [0, 0.05) is 24.8 Å². The second kappa shape index (κ2) is 6.25. The molecule has 0 spiro atoms. The molecule has 1 fully saturated rings. The van der Waals surface area contributed by atoms with Crippen LogP contribution in [-0.4, -0.2) is 38.5 Å². The fourth-order valence-corrected chi connectivity index (χ4v) is 3.97. The number of imidazole rings is 2. The topological polar surface area (TPSA) is 25.5 Å². The zero-order chi connectivity index (χ0) is 17.5. The van der Waals surface area contributed by atoms with Gasteiger partial charge in [0.25, 0.3) is 0 Å². The number of fused-ring (bicyclic) bond motifs is 3. The Morgan fingerprint density at radius 3 is 2.38 bits per heavy atom. The Labute approximate surface area is 151 Å².